The van der Waals surface area contributed by atoms with Crippen LogP contribution in [0.2, 0.25) is 0 Å². The van der Waals surface area contributed by atoms with Crippen molar-refractivity contribution in [1.29, 1.82) is 0 Å². The number of hydrogen-bond acceptors (Lipinski definition) is 2. The molecule has 1 fully saturated rings. The van der Waals surface area contributed by atoms with Crippen LogP contribution >= 0.6 is 8.03 Å². The van der Waals surface area contributed by atoms with Gasteiger partial charge in [-0.1, -0.05) is 47.0 Å². The fourth-order valence-corrected chi connectivity index (χ4v) is 4.35. The van der Waals surface area contributed by atoms with Gasteiger partial charge in [0.15, 0.2) is 8.03 Å². The summed E-state index contributed by atoms with van der Waals surface area (Å²) in [7, 11) is -1.79. The molecule has 0 amide bonds. The van der Waals surface area contributed by atoms with Crippen molar-refractivity contribution in [2.45, 2.75) is 71.9 Å². The van der Waals surface area contributed by atoms with Crippen molar-refractivity contribution >= 4 is 8.03 Å². The molecule has 1 saturated carbocycles. The standard InChI is InChI=1S/C14H29O2P/c1-12(10-14(2,3)4)11-16-17(15)13-8-6-5-7-9-13/h12-13,17H,5-11H2,1-4H3. The van der Waals surface area contributed by atoms with Gasteiger partial charge >= 0.3 is 0 Å². The summed E-state index contributed by atoms with van der Waals surface area (Å²) in [5.74, 6) is 0.507. The SMILES string of the molecule is CC(CO[PH](=O)C1CCCCC1)CC(C)(C)C. The fourth-order valence-electron chi connectivity index (χ4n) is 2.78. The second kappa shape index (κ2) is 6.95. The minimum absolute atomic E-state index is 0.337. The van der Waals surface area contributed by atoms with Crippen LogP contribution in [0.15, 0.2) is 0 Å². The molecule has 102 valence electrons. The van der Waals surface area contributed by atoms with E-state index in [2.05, 4.69) is 27.7 Å². The molecule has 0 N–H and O–H groups in total. The smallest absolute Gasteiger partial charge is 0.194 e. The molecule has 1 aliphatic rings. The summed E-state index contributed by atoms with van der Waals surface area (Å²) >= 11 is 0. The Morgan fingerprint density at radius 3 is 2.35 bits per heavy atom. The normalized spacial score (nSPS) is 22.4. The zero-order valence-electron chi connectivity index (χ0n) is 11.9. The van der Waals surface area contributed by atoms with Crippen molar-refractivity contribution in [2.75, 3.05) is 6.61 Å². The van der Waals surface area contributed by atoms with Crippen LogP contribution in [0.25, 0.3) is 0 Å². The first-order valence-electron chi connectivity index (χ1n) is 7.05. The first-order valence-corrected chi connectivity index (χ1v) is 8.44. The van der Waals surface area contributed by atoms with Gasteiger partial charge in [-0.3, -0.25) is 4.57 Å². The van der Waals surface area contributed by atoms with E-state index in [9.17, 15) is 4.57 Å². The molecule has 0 aromatic heterocycles. The summed E-state index contributed by atoms with van der Waals surface area (Å²) in [5.41, 5.74) is 0.708. The molecule has 1 aliphatic carbocycles. The topological polar surface area (TPSA) is 26.3 Å². The van der Waals surface area contributed by atoms with Gasteiger partial charge in [-0.05, 0) is 30.6 Å². The monoisotopic (exact) mass is 260 g/mol. The summed E-state index contributed by atoms with van der Waals surface area (Å²) in [6.45, 7) is 9.60. The summed E-state index contributed by atoms with van der Waals surface area (Å²) in [6.07, 6.45) is 7.15. The van der Waals surface area contributed by atoms with Gasteiger partial charge in [0.25, 0.3) is 0 Å². The largest absolute Gasteiger partial charge is 0.330 e. The molecule has 0 aromatic rings. The van der Waals surface area contributed by atoms with E-state index in [-0.39, 0.29) is 0 Å². The Labute approximate surface area is 107 Å². The predicted molar refractivity (Wildman–Crippen MR) is 75.1 cm³/mol. The molecule has 0 aromatic carbocycles. The molecule has 2 unspecified atom stereocenters. The zero-order valence-corrected chi connectivity index (χ0v) is 12.9. The Morgan fingerprint density at radius 1 is 1.24 bits per heavy atom. The first kappa shape index (κ1) is 15.2. The summed E-state index contributed by atoms with van der Waals surface area (Å²) < 4.78 is 17.7. The molecule has 0 spiro atoms. The highest BCUT2D eigenvalue weighted by Crippen LogP contribution is 2.40. The highest BCUT2D eigenvalue weighted by molar-refractivity contribution is 7.40. The Balaban J connectivity index is 2.22. The van der Waals surface area contributed by atoms with E-state index in [1.165, 1.54) is 19.3 Å². The maximum atomic E-state index is 12.0. The molecule has 17 heavy (non-hydrogen) atoms. The molecule has 0 aliphatic heterocycles. The third kappa shape index (κ3) is 6.62. The van der Waals surface area contributed by atoms with Crippen LogP contribution in [0.4, 0.5) is 0 Å². The quantitative estimate of drug-likeness (QED) is 0.658. The lowest BCUT2D eigenvalue weighted by molar-refractivity contribution is 0.211. The van der Waals surface area contributed by atoms with E-state index < -0.39 is 8.03 Å². The third-order valence-corrected chi connectivity index (χ3v) is 5.10. The molecular formula is C14H29O2P. The van der Waals surface area contributed by atoms with Crippen molar-refractivity contribution in [1.82, 2.24) is 0 Å². The fraction of sp³-hybridized carbons (Fsp3) is 1.00. The van der Waals surface area contributed by atoms with Crippen molar-refractivity contribution in [3.05, 3.63) is 0 Å². The number of rotatable bonds is 5. The lowest BCUT2D eigenvalue weighted by Gasteiger charge is -2.25. The second-order valence-electron chi connectivity index (χ2n) is 6.83. The van der Waals surface area contributed by atoms with Crippen molar-refractivity contribution in [3.8, 4) is 0 Å². The van der Waals surface area contributed by atoms with E-state index in [1.807, 2.05) is 0 Å². The van der Waals surface area contributed by atoms with E-state index >= 15 is 0 Å². The average Bonchev–Trinajstić information content (AvgIpc) is 2.25. The molecule has 3 heteroatoms. The molecule has 0 radical (unpaired) electrons. The zero-order chi connectivity index (χ0) is 12.9. The van der Waals surface area contributed by atoms with Gasteiger partial charge in [-0.2, -0.15) is 0 Å². The van der Waals surface area contributed by atoms with Crippen LogP contribution in [0.3, 0.4) is 0 Å². The van der Waals surface area contributed by atoms with Gasteiger partial charge in [0.2, 0.25) is 0 Å². The average molecular weight is 260 g/mol. The molecular weight excluding hydrogens is 231 g/mol. The van der Waals surface area contributed by atoms with Crippen molar-refractivity contribution in [3.63, 3.8) is 0 Å². The highest BCUT2D eigenvalue weighted by atomic mass is 31.1. The van der Waals surface area contributed by atoms with Gasteiger partial charge in [0.05, 0.1) is 6.61 Å². The molecule has 0 bridgehead atoms. The van der Waals surface area contributed by atoms with E-state index in [0.717, 1.165) is 19.3 Å². The molecule has 1 rings (SSSR count). The summed E-state index contributed by atoms with van der Waals surface area (Å²) in [5, 5.41) is 0. The highest BCUT2D eigenvalue weighted by Gasteiger charge is 2.21. The van der Waals surface area contributed by atoms with Crippen LogP contribution < -0.4 is 0 Å². The Bertz CT molecular complexity index is 239. The minimum Gasteiger partial charge on any atom is -0.330 e. The predicted octanol–water partition coefficient (Wildman–Crippen LogP) is 4.88. The summed E-state index contributed by atoms with van der Waals surface area (Å²) in [4.78, 5) is 0. The lowest BCUT2D eigenvalue weighted by atomic mass is 9.86. The number of hydrogen-bond donors (Lipinski definition) is 0. The molecule has 2 atom stereocenters. The van der Waals surface area contributed by atoms with Crippen molar-refractivity contribution in [2.24, 2.45) is 11.3 Å². The lowest BCUT2D eigenvalue weighted by Crippen LogP contribution is -2.15. The maximum absolute atomic E-state index is 12.0. The van der Waals surface area contributed by atoms with Gasteiger partial charge < -0.3 is 4.52 Å². The Morgan fingerprint density at radius 2 is 1.82 bits per heavy atom. The maximum Gasteiger partial charge on any atom is 0.194 e. The van der Waals surface area contributed by atoms with Gasteiger partial charge in [-0.25, -0.2) is 0 Å². The van der Waals surface area contributed by atoms with E-state index in [0.29, 0.717) is 23.6 Å². The Hall–Kier alpha value is 0.190. The second-order valence-corrected chi connectivity index (χ2v) is 8.58. The minimum atomic E-state index is -1.79. The van der Waals surface area contributed by atoms with Crippen LogP contribution in [-0.2, 0) is 9.09 Å². The first-order chi connectivity index (χ1) is 7.88. The molecule has 2 nitrogen and oxygen atoms in total. The summed E-state index contributed by atoms with van der Waals surface area (Å²) in [6, 6.07) is 0. The van der Waals surface area contributed by atoms with E-state index in [4.69, 9.17) is 4.52 Å². The van der Waals surface area contributed by atoms with Crippen molar-refractivity contribution < 1.29 is 9.09 Å². The van der Waals surface area contributed by atoms with Crippen LogP contribution in [0, 0.1) is 11.3 Å². The molecule has 0 saturated heterocycles. The van der Waals surface area contributed by atoms with E-state index in [1.54, 1.807) is 0 Å². The van der Waals surface area contributed by atoms with Gasteiger partial charge in [0, 0.05) is 5.66 Å². The van der Waals surface area contributed by atoms with Crippen LogP contribution in [0.5, 0.6) is 0 Å². The Kier molecular flexibility index (Phi) is 6.23. The van der Waals surface area contributed by atoms with Gasteiger partial charge in [0.1, 0.15) is 0 Å². The third-order valence-electron chi connectivity index (χ3n) is 3.41. The van der Waals surface area contributed by atoms with Gasteiger partial charge in [-0.15, -0.1) is 0 Å². The van der Waals surface area contributed by atoms with Crippen LogP contribution in [-0.4, -0.2) is 12.3 Å². The molecule has 0 heterocycles. The van der Waals surface area contributed by atoms with Crippen LogP contribution in [0.1, 0.15) is 66.2 Å².